The zero-order valence-corrected chi connectivity index (χ0v) is 17.2. The maximum absolute atomic E-state index is 16.9. The summed E-state index contributed by atoms with van der Waals surface area (Å²) in [5, 5.41) is 31.8. The van der Waals surface area contributed by atoms with Gasteiger partial charge in [0.25, 0.3) is 0 Å². The third-order valence-electron chi connectivity index (χ3n) is 8.86. The van der Waals surface area contributed by atoms with Gasteiger partial charge in [0, 0.05) is 22.3 Å². The van der Waals surface area contributed by atoms with Crippen molar-refractivity contribution in [1.82, 2.24) is 0 Å². The highest BCUT2D eigenvalue weighted by Gasteiger charge is 2.76. The number of aliphatic hydroxyl groups excluding tert-OH is 2. The van der Waals surface area contributed by atoms with Crippen LogP contribution in [0.15, 0.2) is 23.6 Å². The first-order chi connectivity index (χ1) is 13.8. The van der Waals surface area contributed by atoms with E-state index in [0.29, 0.717) is 0 Å². The topological polar surface area (TPSA) is 94.8 Å². The summed E-state index contributed by atoms with van der Waals surface area (Å²) in [4.78, 5) is 24.3. The first-order valence-electron chi connectivity index (χ1n) is 10.3. The van der Waals surface area contributed by atoms with Crippen molar-refractivity contribution in [2.45, 2.75) is 63.6 Å². The van der Waals surface area contributed by atoms with Crippen molar-refractivity contribution in [3.05, 3.63) is 23.6 Å². The molecule has 3 saturated carbocycles. The molecule has 0 aliphatic heterocycles. The Balaban J connectivity index is 1.89. The van der Waals surface area contributed by atoms with Crippen LogP contribution >= 0.6 is 0 Å². The van der Waals surface area contributed by atoms with Gasteiger partial charge in [-0.2, -0.15) is 0 Å². The van der Waals surface area contributed by atoms with Crippen LogP contribution in [0.4, 0.5) is 13.2 Å². The molecule has 3 N–H and O–H groups in total. The van der Waals surface area contributed by atoms with Gasteiger partial charge < -0.3 is 15.3 Å². The van der Waals surface area contributed by atoms with Gasteiger partial charge in [-0.25, -0.2) is 13.2 Å². The number of alkyl halides is 2. The maximum Gasteiger partial charge on any atom is 0.213 e. The Morgan fingerprint density at radius 3 is 2.50 bits per heavy atom. The smallest absolute Gasteiger partial charge is 0.213 e. The van der Waals surface area contributed by atoms with E-state index in [4.69, 9.17) is 0 Å². The molecule has 0 spiro atoms. The molecule has 166 valence electrons. The first kappa shape index (κ1) is 21.7. The van der Waals surface area contributed by atoms with Crippen molar-refractivity contribution in [2.75, 3.05) is 6.61 Å². The monoisotopic (exact) mass is 428 g/mol. The Hall–Kier alpha value is -1.51. The average molecular weight is 428 g/mol. The Morgan fingerprint density at radius 1 is 1.27 bits per heavy atom. The van der Waals surface area contributed by atoms with E-state index in [9.17, 15) is 29.3 Å². The number of hydrogen-bond acceptors (Lipinski definition) is 5. The summed E-state index contributed by atoms with van der Waals surface area (Å²) in [7, 11) is 0. The molecular formula is C22H27F3O5. The second kappa shape index (κ2) is 6.26. The second-order valence-corrected chi connectivity index (χ2v) is 9.93. The van der Waals surface area contributed by atoms with Crippen LogP contribution in [0.3, 0.4) is 0 Å². The third kappa shape index (κ3) is 2.15. The van der Waals surface area contributed by atoms with E-state index in [1.807, 2.05) is 0 Å². The largest absolute Gasteiger partial charge is 0.390 e. The molecule has 4 rings (SSSR count). The highest BCUT2D eigenvalue weighted by atomic mass is 19.2. The van der Waals surface area contributed by atoms with E-state index in [1.165, 1.54) is 6.92 Å². The van der Waals surface area contributed by atoms with Crippen LogP contribution in [-0.4, -0.2) is 57.0 Å². The summed E-state index contributed by atoms with van der Waals surface area (Å²) >= 11 is 0. The van der Waals surface area contributed by atoms with Gasteiger partial charge in [-0.1, -0.05) is 19.9 Å². The number of ketones is 2. The van der Waals surface area contributed by atoms with Crippen molar-refractivity contribution in [3.8, 4) is 0 Å². The van der Waals surface area contributed by atoms with Gasteiger partial charge in [0.2, 0.25) is 5.78 Å². The fourth-order valence-electron chi connectivity index (χ4n) is 7.35. The lowest BCUT2D eigenvalue weighted by Gasteiger charge is -2.63. The Morgan fingerprint density at radius 2 is 1.90 bits per heavy atom. The van der Waals surface area contributed by atoms with Crippen LogP contribution in [0, 0.1) is 28.6 Å². The van der Waals surface area contributed by atoms with Crippen LogP contribution in [-0.2, 0) is 9.59 Å². The molecule has 8 heteroatoms. The highest BCUT2D eigenvalue weighted by Crippen LogP contribution is 2.71. The summed E-state index contributed by atoms with van der Waals surface area (Å²) in [6.07, 6.45) is -2.27. The summed E-state index contributed by atoms with van der Waals surface area (Å²) in [6.45, 7) is 3.57. The number of allylic oxidation sites excluding steroid dienone is 4. The van der Waals surface area contributed by atoms with E-state index >= 15 is 8.78 Å². The van der Waals surface area contributed by atoms with Crippen LogP contribution < -0.4 is 0 Å². The van der Waals surface area contributed by atoms with Gasteiger partial charge in [-0.05, 0) is 44.1 Å². The van der Waals surface area contributed by atoms with E-state index < -0.39 is 88.1 Å². The molecule has 30 heavy (non-hydrogen) atoms. The molecule has 0 aromatic carbocycles. The van der Waals surface area contributed by atoms with Crippen LogP contribution in [0.2, 0.25) is 0 Å². The molecule has 3 fully saturated rings. The minimum Gasteiger partial charge on any atom is -0.390 e. The number of carbonyl (C=O) groups is 2. The molecule has 0 amide bonds. The fraction of sp³-hybridized carbons (Fsp3) is 0.727. The average Bonchev–Trinajstić information content (AvgIpc) is 2.88. The lowest BCUT2D eigenvalue weighted by atomic mass is 9.44. The third-order valence-corrected chi connectivity index (χ3v) is 8.86. The lowest BCUT2D eigenvalue weighted by molar-refractivity contribution is -0.224. The molecule has 0 bridgehead atoms. The van der Waals surface area contributed by atoms with Gasteiger partial charge >= 0.3 is 0 Å². The van der Waals surface area contributed by atoms with E-state index in [1.54, 1.807) is 13.8 Å². The predicted molar refractivity (Wildman–Crippen MR) is 100 cm³/mol. The molecule has 4 aliphatic rings. The second-order valence-electron chi connectivity index (χ2n) is 9.93. The minimum absolute atomic E-state index is 0.189. The Bertz CT molecular complexity index is 886. The van der Waals surface area contributed by atoms with Gasteiger partial charge in [-0.3, -0.25) is 9.59 Å². The summed E-state index contributed by atoms with van der Waals surface area (Å²) < 4.78 is 46.8. The fourth-order valence-corrected chi connectivity index (χ4v) is 7.35. The molecule has 4 aliphatic carbocycles. The van der Waals surface area contributed by atoms with Gasteiger partial charge in [0.15, 0.2) is 17.3 Å². The van der Waals surface area contributed by atoms with Crippen LogP contribution in [0.5, 0.6) is 0 Å². The molecule has 0 aromatic rings. The Labute approximate surface area is 172 Å². The molecular weight excluding hydrogens is 401 g/mol. The Kier molecular flexibility index (Phi) is 4.53. The van der Waals surface area contributed by atoms with Gasteiger partial charge in [0.1, 0.15) is 18.4 Å². The van der Waals surface area contributed by atoms with Crippen LogP contribution in [0.1, 0.15) is 40.0 Å². The van der Waals surface area contributed by atoms with Crippen molar-refractivity contribution < 1.29 is 38.1 Å². The predicted octanol–water partition coefficient (Wildman–Crippen LogP) is 2.14. The van der Waals surface area contributed by atoms with Crippen molar-refractivity contribution >= 4 is 11.6 Å². The summed E-state index contributed by atoms with van der Waals surface area (Å²) in [6, 6.07) is 0. The van der Waals surface area contributed by atoms with E-state index in [2.05, 4.69) is 0 Å². The van der Waals surface area contributed by atoms with Gasteiger partial charge in [0.05, 0.1) is 6.10 Å². The van der Waals surface area contributed by atoms with E-state index in [0.717, 1.165) is 12.2 Å². The summed E-state index contributed by atoms with van der Waals surface area (Å²) in [5.74, 6) is -5.62. The molecule has 0 heterocycles. The number of halogens is 3. The number of Topliss-reactive ketones (excluding diaryl/α,β-unsaturated/α-hetero) is 1. The SMILES string of the molecule is C[C@@H]1C[C@H]2[C@@H]3C[C@H](F)C4=C(F)C(=O)C=C[C@]4(C)[C@@]3(F)[C@H](O)C[C@]2(C)[C@@]1(O)C(=O)CO. The molecule has 0 saturated heterocycles. The van der Waals surface area contributed by atoms with Crippen LogP contribution in [0.25, 0.3) is 0 Å². The molecule has 5 nitrogen and oxygen atoms in total. The molecule has 0 aromatic heterocycles. The van der Waals surface area contributed by atoms with E-state index in [-0.39, 0.29) is 12.8 Å². The normalized spacial score (nSPS) is 52.7. The standard InChI is InChI=1S/C22H27F3O5/c1-10-6-11-12-7-13(23)17-18(24)14(27)4-5-19(17,2)21(12,25)15(28)8-20(11,3)22(10,30)16(29)9-26/h4-5,10-13,15,26,28,30H,6-9H2,1-3H3/t10-,11+,12+,13+,15-,19+,20+,21+,22+/m1/s1. The van der Waals surface area contributed by atoms with Crippen molar-refractivity contribution in [1.29, 1.82) is 0 Å². The lowest BCUT2D eigenvalue weighted by Crippen LogP contribution is -2.70. The number of carbonyl (C=O) groups excluding carboxylic acids is 2. The molecule has 0 radical (unpaired) electrons. The number of hydrogen-bond donors (Lipinski definition) is 3. The zero-order chi connectivity index (χ0) is 22.4. The minimum atomic E-state index is -2.49. The van der Waals surface area contributed by atoms with Crippen molar-refractivity contribution in [2.24, 2.45) is 28.6 Å². The first-order valence-corrected chi connectivity index (χ1v) is 10.3. The maximum atomic E-state index is 16.9. The number of aliphatic hydroxyl groups is 3. The summed E-state index contributed by atoms with van der Waals surface area (Å²) in [5.41, 5.74) is -8.24. The number of rotatable bonds is 2. The van der Waals surface area contributed by atoms with Gasteiger partial charge in [-0.15, -0.1) is 0 Å². The molecule has 0 unspecified atom stereocenters. The number of fused-ring (bicyclic) bond motifs is 5. The zero-order valence-electron chi connectivity index (χ0n) is 17.2. The van der Waals surface area contributed by atoms with Crippen molar-refractivity contribution in [3.63, 3.8) is 0 Å². The highest BCUT2D eigenvalue weighted by molar-refractivity contribution is 6.04. The molecule has 9 atom stereocenters. The quantitative estimate of drug-likeness (QED) is 0.627.